The van der Waals surface area contributed by atoms with Gasteiger partial charge >= 0.3 is 0 Å². The van der Waals surface area contributed by atoms with Crippen molar-refractivity contribution in [3.05, 3.63) is 66.7 Å². The van der Waals surface area contributed by atoms with Crippen molar-refractivity contribution in [2.24, 2.45) is 0 Å². The summed E-state index contributed by atoms with van der Waals surface area (Å²) in [6.07, 6.45) is 3.43. The molecule has 0 radical (unpaired) electrons. The van der Waals surface area contributed by atoms with E-state index in [9.17, 15) is 4.39 Å². The molecule has 0 aliphatic carbocycles. The van der Waals surface area contributed by atoms with Gasteiger partial charge in [0.2, 0.25) is 0 Å². The van der Waals surface area contributed by atoms with Crippen molar-refractivity contribution < 1.29 is 4.39 Å². The molecule has 2 heteroatoms. The smallest absolute Gasteiger partial charge is 0.131 e. The minimum Gasteiger partial charge on any atom is -0.265 e. The highest BCUT2D eigenvalue weighted by atomic mass is 19.1. The fraction of sp³-hybridized carbons (Fsp3) is 0. The molecule has 0 unspecified atom stereocenters. The van der Waals surface area contributed by atoms with Gasteiger partial charge in [0.25, 0.3) is 0 Å². The van der Waals surface area contributed by atoms with Crippen LogP contribution in [0.3, 0.4) is 0 Å². The van der Waals surface area contributed by atoms with Crippen molar-refractivity contribution >= 4 is 10.8 Å². The maximum Gasteiger partial charge on any atom is 0.131 e. The number of fused-ring (bicyclic) bond motifs is 1. The lowest BCUT2D eigenvalue weighted by Gasteiger charge is -2.07. The van der Waals surface area contributed by atoms with Crippen LogP contribution < -0.4 is 0 Å². The number of halogens is 1. The monoisotopic (exact) mass is 223 g/mol. The van der Waals surface area contributed by atoms with Gasteiger partial charge in [0.15, 0.2) is 0 Å². The van der Waals surface area contributed by atoms with Crippen molar-refractivity contribution in [3.63, 3.8) is 0 Å². The van der Waals surface area contributed by atoms with E-state index in [1.807, 2.05) is 36.4 Å². The van der Waals surface area contributed by atoms with E-state index >= 15 is 0 Å². The van der Waals surface area contributed by atoms with Gasteiger partial charge < -0.3 is 0 Å². The minimum absolute atomic E-state index is 0.185. The normalized spacial score (nSPS) is 10.6. The maximum absolute atomic E-state index is 13.9. The maximum atomic E-state index is 13.9. The fourth-order valence-corrected chi connectivity index (χ4v) is 2.07. The first-order valence-electron chi connectivity index (χ1n) is 5.44. The molecule has 0 aliphatic heterocycles. The van der Waals surface area contributed by atoms with E-state index in [-0.39, 0.29) is 5.82 Å². The molecule has 0 N–H and O–H groups in total. The van der Waals surface area contributed by atoms with Crippen molar-refractivity contribution in [3.8, 4) is 11.1 Å². The van der Waals surface area contributed by atoms with Crippen LogP contribution in [0.15, 0.2) is 60.9 Å². The third kappa shape index (κ3) is 1.68. The predicted molar refractivity (Wildman–Crippen MR) is 67.1 cm³/mol. The predicted octanol–water partition coefficient (Wildman–Crippen LogP) is 4.04. The Balaban J connectivity index is 2.38. The van der Waals surface area contributed by atoms with Crippen LogP contribution in [0.5, 0.6) is 0 Å². The average molecular weight is 223 g/mol. The average Bonchev–Trinajstić information content (AvgIpc) is 2.39. The lowest BCUT2D eigenvalue weighted by molar-refractivity contribution is 0.640. The highest BCUT2D eigenvalue weighted by Gasteiger charge is 2.07. The Labute approximate surface area is 98.6 Å². The number of pyridine rings is 1. The molecule has 0 saturated carbocycles. The van der Waals surface area contributed by atoms with Crippen LogP contribution in [0.1, 0.15) is 0 Å². The summed E-state index contributed by atoms with van der Waals surface area (Å²) in [5.74, 6) is -0.185. The van der Waals surface area contributed by atoms with Gasteiger partial charge in [0.05, 0.1) is 0 Å². The van der Waals surface area contributed by atoms with Gasteiger partial charge in [-0.2, -0.15) is 0 Å². The van der Waals surface area contributed by atoms with E-state index in [0.29, 0.717) is 5.39 Å². The Morgan fingerprint density at radius 1 is 0.824 bits per heavy atom. The van der Waals surface area contributed by atoms with Crippen LogP contribution in [0.2, 0.25) is 0 Å². The van der Waals surface area contributed by atoms with Gasteiger partial charge in [0.1, 0.15) is 5.82 Å². The first-order chi connectivity index (χ1) is 8.36. The zero-order valence-electron chi connectivity index (χ0n) is 9.10. The number of benzene rings is 2. The molecule has 1 aromatic heterocycles. The third-order valence-electron chi connectivity index (χ3n) is 2.85. The number of rotatable bonds is 1. The van der Waals surface area contributed by atoms with Gasteiger partial charge in [-0.05, 0) is 34.7 Å². The SMILES string of the molecule is Fc1cccc2cccc(-c3ccncc3)c12. The Morgan fingerprint density at radius 3 is 2.29 bits per heavy atom. The minimum atomic E-state index is -0.185. The van der Waals surface area contributed by atoms with Crippen LogP contribution in [-0.2, 0) is 0 Å². The lowest BCUT2D eigenvalue weighted by Crippen LogP contribution is -1.85. The molecule has 2 aromatic carbocycles. The summed E-state index contributed by atoms with van der Waals surface area (Å²) in [7, 11) is 0. The highest BCUT2D eigenvalue weighted by Crippen LogP contribution is 2.29. The summed E-state index contributed by atoms with van der Waals surface area (Å²) in [6, 6.07) is 14.7. The third-order valence-corrected chi connectivity index (χ3v) is 2.85. The molecule has 0 atom stereocenters. The summed E-state index contributed by atoms with van der Waals surface area (Å²) in [5.41, 5.74) is 1.89. The van der Waals surface area contributed by atoms with E-state index < -0.39 is 0 Å². The van der Waals surface area contributed by atoms with Gasteiger partial charge in [-0.15, -0.1) is 0 Å². The van der Waals surface area contributed by atoms with E-state index in [1.165, 1.54) is 6.07 Å². The van der Waals surface area contributed by atoms with E-state index in [4.69, 9.17) is 0 Å². The molecule has 82 valence electrons. The molecular formula is C15H10FN. The molecule has 0 spiro atoms. The molecule has 0 amide bonds. The van der Waals surface area contributed by atoms with E-state index in [2.05, 4.69) is 4.98 Å². The quantitative estimate of drug-likeness (QED) is 0.606. The molecule has 0 saturated heterocycles. The van der Waals surface area contributed by atoms with E-state index in [1.54, 1.807) is 18.5 Å². The fourth-order valence-electron chi connectivity index (χ4n) is 2.07. The summed E-state index contributed by atoms with van der Waals surface area (Å²) in [4.78, 5) is 3.98. The van der Waals surface area contributed by atoms with Crippen molar-refractivity contribution in [1.82, 2.24) is 4.98 Å². The summed E-state index contributed by atoms with van der Waals surface area (Å²) in [5, 5.41) is 1.58. The second-order valence-electron chi connectivity index (χ2n) is 3.88. The Kier molecular flexibility index (Phi) is 2.33. The van der Waals surface area contributed by atoms with Gasteiger partial charge in [-0.1, -0.05) is 30.3 Å². The summed E-state index contributed by atoms with van der Waals surface area (Å²) >= 11 is 0. The molecule has 17 heavy (non-hydrogen) atoms. The topological polar surface area (TPSA) is 12.9 Å². The lowest BCUT2D eigenvalue weighted by atomic mass is 9.99. The molecule has 0 fully saturated rings. The molecule has 3 rings (SSSR count). The molecule has 1 nitrogen and oxygen atoms in total. The van der Waals surface area contributed by atoms with Crippen LogP contribution >= 0.6 is 0 Å². The number of nitrogens with zero attached hydrogens (tertiary/aromatic N) is 1. The second kappa shape index (κ2) is 3.98. The summed E-state index contributed by atoms with van der Waals surface area (Å²) in [6.45, 7) is 0. The van der Waals surface area contributed by atoms with Gasteiger partial charge in [0, 0.05) is 17.8 Å². The van der Waals surface area contributed by atoms with Crippen molar-refractivity contribution in [2.75, 3.05) is 0 Å². The number of aromatic nitrogens is 1. The van der Waals surface area contributed by atoms with Crippen molar-refractivity contribution in [2.45, 2.75) is 0 Å². The Morgan fingerprint density at radius 2 is 1.53 bits per heavy atom. The zero-order chi connectivity index (χ0) is 11.7. The van der Waals surface area contributed by atoms with Gasteiger partial charge in [-0.25, -0.2) is 4.39 Å². The molecule has 0 bridgehead atoms. The first kappa shape index (κ1) is 9.97. The van der Waals surface area contributed by atoms with Crippen LogP contribution in [-0.4, -0.2) is 4.98 Å². The van der Waals surface area contributed by atoms with Crippen LogP contribution in [0, 0.1) is 5.82 Å². The number of hydrogen-bond acceptors (Lipinski definition) is 1. The summed E-state index contributed by atoms with van der Waals surface area (Å²) < 4.78 is 13.9. The molecular weight excluding hydrogens is 213 g/mol. The van der Waals surface area contributed by atoms with Crippen LogP contribution in [0.25, 0.3) is 21.9 Å². The largest absolute Gasteiger partial charge is 0.265 e. The second-order valence-corrected chi connectivity index (χ2v) is 3.88. The standard InChI is InChI=1S/C15H10FN/c16-14-6-2-4-12-3-1-5-13(15(12)14)11-7-9-17-10-8-11/h1-10H. The Bertz CT molecular complexity index is 657. The molecule has 0 aliphatic rings. The van der Waals surface area contributed by atoms with Crippen LogP contribution in [0.4, 0.5) is 4.39 Å². The van der Waals surface area contributed by atoms with Gasteiger partial charge in [-0.3, -0.25) is 4.98 Å². The first-order valence-corrected chi connectivity index (χ1v) is 5.44. The highest BCUT2D eigenvalue weighted by molar-refractivity contribution is 5.96. The molecule has 1 heterocycles. The zero-order valence-corrected chi connectivity index (χ0v) is 9.10. The van der Waals surface area contributed by atoms with Crippen molar-refractivity contribution in [1.29, 1.82) is 0 Å². The molecule has 3 aromatic rings. The Hall–Kier alpha value is -2.22. The number of hydrogen-bond donors (Lipinski definition) is 0. The van der Waals surface area contributed by atoms with E-state index in [0.717, 1.165) is 16.5 Å².